The number of carbonyl (C=O) groups excluding carboxylic acids is 1. The SMILES string of the molecule is Cc1ccc(-c2nc(C)sc2CC(=O)NC(C)CCc2ccccc2)cc1. The molecule has 0 spiro atoms. The molecule has 0 saturated heterocycles. The normalized spacial score (nSPS) is 12.0. The van der Waals surface area contributed by atoms with E-state index in [0.29, 0.717) is 6.42 Å². The van der Waals surface area contributed by atoms with Crippen LogP contribution in [-0.4, -0.2) is 16.9 Å². The summed E-state index contributed by atoms with van der Waals surface area (Å²) in [6.45, 7) is 6.13. The van der Waals surface area contributed by atoms with Gasteiger partial charge < -0.3 is 5.32 Å². The molecule has 3 rings (SSSR count). The van der Waals surface area contributed by atoms with E-state index in [-0.39, 0.29) is 11.9 Å². The molecular weight excluding hydrogens is 352 g/mol. The van der Waals surface area contributed by atoms with E-state index in [0.717, 1.165) is 34.0 Å². The predicted octanol–water partition coefficient (Wildman–Crippen LogP) is 5.11. The first-order chi connectivity index (χ1) is 13.0. The zero-order valence-electron chi connectivity index (χ0n) is 16.2. The van der Waals surface area contributed by atoms with Crippen LogP contribution in [0.25, 0.3) is 11.3 Å². The minimum absolute atomic E-state index is 0.0626. The number of amides is 1. The van der Waals surface area contributed by atoms with Gasteiger partial charge in [0, 0.05) is 16.5 Å². The van der Waals surface area contributed by atoms with Crippen LogP contribution >= 0.6 is 11.3 Å². The third kappa shape index (κ3) is 5.51. The number of nitrogens with one attached hydrogen (secondary N) is 1. The number of carbonyl (C=O) groups is 1. The van der Waals surface area contributed by atoms with Crippen molar-refractivity contribution in [1.29, 1.82) is 0 Å². The molecule has 1 unspecified atom stereocenters. The topological polar surface area (TPSA) is 42.0 Å². The summed E-state index contributed by atoms with van der Waals surface area (Å²) >= 11 is 1.61. The number of aromatic nitrogens is 1. The molecule has 3 aromatic rings. The fourth-order valence-corrected chi connectivity index (χ4v) is 4.05. The van der Waals surface area contributed by atoms with E-state index in [1.807, 2.05) is 13.0 Å². The van der Waals surface area contributed by atoms with E-state index < -0.39 is 0 Å². The molecule has 1 N–H and O–H groups in total. The van der Waals surface area contributed by atoms with E-state index in [4.69, 9.17) is 0 Å². The Balaban J connectivity index is 1.60. The Morgan fingerprint density at radius 2 is 1.78 bits per heavy atom. The summed E-state index contributed by atoms with van der Waals surface area (Å²) in [6.07, 6.45) is 2.28. The summed E-state index contributed by atoms with van der Waals surface area (Å²) in [4.78, 5) is 18.2. The lowest BCUT2D eigenvalue weighted by Crippen LogP contribution is -2.33. The molecule has 0 radical (unpaired) electrons. The van der Waals surface area contributed by atoms with Gasteiger partial charge >= 0.3 is 0 Å². The van der Waals surface area contributed by atoms with Gasteiger partial charge in [-0.05, 0) is 39.2 Å². The maximum atomic E-state index is 12.5. The van der Waals surface area contributed by atoms with E-state index in [2.05, 4.69) is 72.7 Å². The summed E-state index contributed by atoms with van der Waals surface area (Å²) in [6, 6.07) is 18.9. The minimum atomic E-state index is 0.0626. The molecular formula is C23H26N2OS. The number of aryl methyl sites for hydroxylation is 3. The number of rotatable bonds is 7. The largest absolute Gasteiger partial charge is 0.353 e. The number of benzene rings is 2. The number of hydrogen-bond donors (Lipinski definition) is 1. The van der Waals surface area contributed by atoms with Crippen molar-refractivity contribution in [2.75, 3.05) is 0 Å². The Hall–Kier alpha value is -2.46. The fraction of sp³-hybridized carbons (Fsp3) is 0.304. The van der Waals surface area contributed by atoms with Crippen LogP contribution < -0.4 is 5.32 Å². The van der Waals surface area contributed by atoms with Crippen LogP contribution in [-0.2, 0) is 17.6 Å². The monoisotopic (exact) mass is 378 g/mol. The Morgan fingerprint density at radius 1 is 1.07 bits per heavy atom. The summed E-state index contributed by atoms with van der Waals surface area (Å²) in [5.74, 6) is 0.0626. The van der Waals surface area contributed by atoms with Crippen LogP contribution in [0.4, 0.5) is 0 Å². The van der Waals surface area contributed by atoms with Gasteiger partial charge in [0.25, 0.3) is 0 Å². The molecule has 1 amide bonds. The van der Waals surface area contributed by atoms with E-state index in [1.54, 1.807) is 11.3 Å². The van der Waals surface area contributed by atoms with Gasteiger partial charge in [0.05, 0.1) is 17.1 Å². The molecule has 0 fully saturated rings. The third-order valence-electron chi connectivity index (χ3n) is 4.57. The Kier molecular flexibility index (Phi) is 6.40. The summed E-state index contributed by atoms with van der Waals surface area (Å²) in [7, 11) is 0. The summed E-state index contributed by atoms with van der Waals surface area (Å²) in [5.41, 5.74) is 4.53. The molecule has 1 aromatic heterocycles. The first-order valence-corrected chi connectivity index (χ1v) is 10.2. The molecule has 1 heterocycles. The van der Waals surface area contributed by atoms with Crippen molar-refractivity contribution in [2.24, 2.45) is 0 Å². The van der Waals surface area contributed by atoms with Crippen LogP contribution in [0.2, 0.25) is 0 Å². The van der Waals surface area contributed by atoms with Crippen LogP contribution in [0.5, 0.6) is 0 Å². The zero-order valence-corrected chi connectivity index (χ0v) is 17.0. The molecule has 4 heteroatoms. The van der Waals surface area contributed by atoms with Gasteiger partial charge in [-0.2, -0.15) is 0 Å². The standard InChI is InChI=1S/C23H26N2OS/c1-16-9-13-20(14-10-16)23-21(27-18(3)25-23)15-22(26)24-17(2)11-12-19-7-5-4-6-8-19/h4-10,13-14,17H,11-12,15H2,1-3H3,(H,24,26). The van der Waals surface area contributed by atoms with Crippen molar-refractivity contribution in [3.05, 3.63) is 75.6 Å². The maximum Gasteiger partial charge on any atom is 0.225 e. The molecule has 0 aliphatic carbocycles. The fourth-order valence-electron chi connectivity index (χ4n) is 3.10. The lowest BCUT2D eigenvalue weighted by Gasteiger charge is -2.14. The lowest BCUT2D eigenvalue weighted by atomic mass is 10.1. The first kappa shape index (κ1) is 19.3. The van der Waals surface area contributed by atoms with Crippen molar-refractivity contribution in [1.82, 2.24) is 10.3 Å². The van der Waals surface area contributed by atoms with Gasteiger partial charge in [-0.15, -0.1) is 11.3 Å². The number of nitrogens with zero attached hydrogens (tertiary/aromatic N) is 1. The van der Waals surface area contributed by atoms with Crippen LogP contribution in [0.3, 0.4) is 0 Å². The van der Waals surface area contributed by atoms with Gasteiger partial charge in [-0.1, -0.05) is 60.2 Å². The minimum Gasteiger partial charge on any atom is -0.353 e. The molecule has 0 bridgehead atoms. The molecule has 2 aromatic carbocycles. The highest BCUT2D eigenvalue weighted by molar-refractivity contribution is 7.12. The van der Waals surface area contributed by atoms with Gasteiger partial charge in [-0.25, -0.2) is 4.98 Å². The van der Waals surface area contributed by atoms with Crippen LogP contribution in [0.1, 0.15) is 34.4 Å². The molecule has 140 valence electrons. The van der Waals surface area contributed by atoms with Crippen molar-refractivity contribution in [3.63, 3.8) is 0 Å². The Morgan fingerprint density at radius 3 is 2.48 bits per heavy atom. The lowest BCUT2D eigenvalue weighted by molar-refractivity contribution is -0.121. The van der Waals surface area contributed by atoms with E-state index >= 15 is 0 Å². The van der Waals surface area contributed by atoms with Gasteiger partial charge in [-0.3, -0.25) is 4.79 Å². The molecule has 0 saturated carbocycles. The second-order valence-corrected chi connectivity index (χ2v) is 8.33. The molecule has 3 nitrogen and oxygen atoms in total. The molecule has 0 aliphatic rings. The van der Waals surface area contributed by atoms with Gasteiger partial charge in [0.15, 0.2) is 0 Å². The highest BCUT2D eigenvalue weighted by Gasteiger charge is 2.16. The average molecular weight is 379 g/mol. The van der Waals surface area contributed by atoms with Gasteiger partial charge in [0.1, 0.15) is 0 Å². The Labute approximate surface area is 165 Å². The summed E-state index contributed by atoms with van der Waals surface area (Å²) in [5, 5.41) is 4.13. The first-order valence-electron chi connectivity index (χ1n) is 9.38. The predicted molar refractivity (Wildman–Crippen MR) is 113 cm³/mol. The highest BCUT2D eigenvalue weighted by Crippen LogP contribution is 2.28. The van der Waals surface area contributed by atoms with Gasteiger partial charge in [0.2, 0.25) is 5.91 Å². The average Bonchev–Trinajstić information content (AvgIpc) is 3.01. The maximum absolute atomic E-state index is 12.5. The van der Waals surface area contributed by atoms with Crippen molar-refractivity contribution in [3.8, 4) is 11.3 Å². The second-order valence-electron chi connectivity index (χ2n) is 7.04. The van der Waals surface area contributed by atoms with E-state index in [9.17, 15) is 4.79 Å². The highest BCUT2D eigenvalue weighted by atomic mass is 32.1. The molecule has 27 heavy (non-hydrogen) atoms. The quantitative estimate of drug-likeness (QED) is 0.621. The van der Waals surface area contributed by atoms with E-state index in [1.165, 1.54) is 11.1 Å². The number of hydrogen-bond acceptors (Lipinski definition) is 3. The number of thiazole rings is 1. The second kappa shape index (κ2) is 8.96. The van der Waals surface area contributed by atoms with Crippen LogP contribution in [0.15, 0.2) is 54.6 Å². The smallest absolute Gasteiger partial charge is 0.225 e. The Bertz CT molecular complexity index is 885. The van der Waals surface area contributed by atoms with Crippen LogP contribution in [0, 0.1) is 13.8 Å². The van der Waals surface area contributed by atoms with Crippen molar-refractivity contribution in [2.45, 2.75) is 46.1 Å². The molecule has 0 aliphatic heterocycles. The zero-order chi connectivity index (χ0) is 19.2. The summed E-state index contributed by atoms with van der Waals surface area (Å²) < 4.78 is 0. The molecule has 1 atom stereocenters. The van der Waals surface area contributed by atoms with Crippen molar-refractivity contribution < 1.29 is 4.79 Å². The van der Waals surface area contributed by atoms with Crippen molar-refractivity contribution >= 4 is 17.2 Å². The third-order valence-corrected chi connectivity index (χ3v) is 5.54.